The van der Waals surface area contributed by atoms with Gasteiger partial charge in [-0.05, 0) is 20.3 Å². The zero-order chi connectivity index (χ0) is 9.84. The molecule has 1 heterocycles. The molecule has 0 aromatic rings. The topological polar surface area (TPSA) is 32.3 Å². The third-order valence-electron chi connectivity index (χ3n) is 2.70. The number of carbonyl (C=O) groups excluding carboxylic acids is 1. The Labute approximate surface area is 80.5 Å². The SMILES string of the molecule is CCCCC(C)N1C(=O)CNC1C. The molecule has 76 valence electrons. The highest BCUT2D eigenvalue weighted by Gasteiger charge is 2.30. The lowest BCUT2D eigenvalue weighted by atomic mass is 10.1. The first-order valence-electron chi connectivity index (χ1n) is 5.21. The molecular formula is C10H20N2O. The smallest absolute Gasteiger partial charge is 0.238 e. The van der Waals surface area contributed by atoms with E-state index >= 15 is 0 Å². The second-order valence-electron chi connectivity index (χ2n) is 3.85. The molecule has 0 radical (unpaired) electrons. The molecule has 1 rings (SSSR count). The van der Waals surface area contributed by atoms with Gasteiger partial charge in [0.15, 0.2) is 0 Å². The standard InChI is InChI=1S/C10H20N2O/c1-4-5-6-8(2)12-9(3)11-7-10(12)13/h8-9,11H,4-7H2,1-3H3. The average molecular weight is 184 g/mol. The van der Waals surface area contributed by atoms with E-state index in [4.69, 9.17) is 0 Å². The lowest BCUT2D eigenvalue weighted by Gasteiger charge is -2.28. The molecule has 3 nitrogen and oxygen atoms in total. The minimum atomic E-state index is 0.222. The fourth-order valence-corrected chi connectivity index (χ4v) is 1.91. The van der Waals surface area contributed by atoms with Crippen LogP contribution >= 0.6 is 0 Å². The summed E-state index contributed by atoms with van der Waals surface area (Å²) < 4.78 is 0. The van der Waals surface area contributed by atoms with Crippen molar-refractivity contribution in [3.05, 3.63) is 0 Å². The van der Waals surface area contributed by atoms with Gasteiger partial charge in [-0.2, -0.15) is 0 Å². The maximum atomic E-state index is 11.5. The van der Waals surface area contributed by atoms with Crippen LogP contribution in [0.4, 0.5) is 0 Å². The summed E-state index contributed by atoms with van der Waals surface area (Å²) in [6, 6.07) is 0.387. The van der Waals surface area contributed by atoms with Gasteiger partial charge in [-0.15, -0.1) is 0 Å². The maximum Gasteiger partial charge on any atom is 0.238 e. The van der Waals surface area contributed by atoms with Gasteiger partial charge >= 0.3 is 0 Å². The van der Waals surface area contributed by atoms with Crippen molar-refractivity contribution in [2.75, 3.05) is 6.54 Å². The summed E-state index contributed by atoms with van der Waals surface area (Å²) in [6.45, 7) is 6.88. The molecule has 2 unspecified atom stereocenters. The van der Waals surface area contributed by atoms with E-state index in [1.165, 1.54) is 12.8 Å². The molecule has 0 saturated carbocycles. The Morgan fingerprint density at radius 1 is 1.69 bits per heavy atom. The van der Waals surface area contributed by atoms with Gasteiger partial charge in [0.2, 0.25) is 5.91 Å². The second kappa shape index (κ2) is 4.61. The molecule has 0 aromatic carbocycles. The maximum absolute atomic E-state index is 11.5. The van der Waals surface area contributed by atoms with E-state index in [1.54, 1.807) is 0 Å². The van der Waals surface area contributed by atoms with Crippen molar-refractivity contribution < 1.29 is 4.79 Å². The molecular weight excluding hydrogens is 164 g/mol. The molecule has 1 amide bonds. The van der Waals surface area contributed by atoms with Crippen LogP contribution in [0, 0.1) is 0 Å². The minimum Gasteiger partial charge on any atom is -0.324 e. The molecule has 2 atom stereocenters. The number of rotatable bonds is 4. The summed E-state index contributed by atoms with van der Waals surface area (Å²) in [5.41, 5.74) is 0. The summed E-state index contributed by atoms with van der Waals surface area (Å²) in [5, 5.41) is 3.15. The molecule has 1 aliphatic heterocycles. The molecule has 0 aliphatic carbocycles. The second-order valence-corrected chi connectivity index (χ2v) is 3.85. The van der Waals surface area contributed by atoms with Crippen LogP contribution in [-0.4, -0.2) is 29.6 Å². The van der Waals surface area contributed by atoms with Gasteiger partial charge in [-0.25, -0.2) is 0 Å². The van der Waals surface area contributed by atoms with Gasteiger partial charge < -0.3 is 4.90 Å². The Morgan fingerprint density at radius 3 is 2.85 bits per heavy atom. The van der Waals surface area contributed by atoms with Gasteiger partial charge in [0, 0.05) is 6.04 Å². The van der Waals surface area contributed by atoms with E-state index in [0.717, 1.165) is 6.42 Å². The molecule has 1 N–H and O–H groups in total. The summed E-state index contributed by atoms with van der Waals surface area (Å²) in [6.07, 6.45) is 3.75. The van der Waals surface area contributed by atoms with E-state index in [1.807, 2.05) is 11.8 Å². The number of hydrogen-bond acceptors (Lipinski definition) is 2. The molecule has 1 fully saturated rings. The van der Waals surface area contributed by atoms with Gasteiger partial charge in [0.05, 0.1) is 12.7 Å². The third kappa shape index (κ3) is 2.44. The van der Waals surface area contributed by atoms with Crippen molar-refractivity contribution in [1.29, 1.82) is 0 Å². The highest BCUT2D eigenvalue weighted by Crippen LogP contribution is 2.14. The van der Waals surface area contributed by atoms with Crippen LogP contribution < -0.4 is 5.32 Å². The molecule has 0 aromatic heterocycles. The predicted octanol–water partition coefficient (Wildman–Crippen LogP) is 1.34. The largest absolute Gasteiger partial charge is 0.324 e. The summed E-state index contributed by atoms with van der Waals surface area (Å²) in [4.78, 5) is 13.4. The summed E-state index contributed by atoms with van der Waals surface area (Å²) >= 11 is 0. The van der Waals surface area contributed by atoms with Crippen molar-refractivity contribution >= 4 is 5.91 Å². The van der Waals surface area contributed by atoms with Gasteiger partial charge in [0.25, 0.3) is 0 Å². The quantitative estimate of drug-likeness (QED) is 0.715. The lowest BCUT2D eigenvalue weighted by Crippen LogP contribution is -2.41. The average Bonchev–Trinajstić information content (AvgIpc) is 2.42. The Hall–Kier alpha value is -0.570. The minimum absolute atomic E-state index is 0.222. The monoisotopic (exact) mass is 184 g/mol. The zero-order valence-corrected chi connectivity index (χ0v) is 8.84. The molecule has 3 heteroatoms. The summed E-state index contributed by atoms with van der Waals surface area (Å²) in [7, 11) is 0. The molecule has 0 bridgehead atoms. The van der Waals surface area contributed by atoms with E-state index in [2.05, 4.69) is 19.2 Å². The number of nitrogens with zero attached hydrogens (tertiary/aromatic N) is 1. The van der Waals surface area contributed by atoms with Gasteiger partial charge in [0.1, 0.15) is 0 Å². The van der Waals surface area contributed by atoms with Crippen molar-refractivity contribution in [3.63, 3.8) is 0 Å². The third-order valence-corrected chi connectivity index (χ3v) is 2.70. The number of carbonyl (C=O) groups is 1. The van der Waals surface area contributed by atoms with Crippen LogP contribution in [-0.2, 0) is 4.79 Å². The van der Waals surface area contributed by atoms with E-state index in [9.17, 15) is 4.79 Å². The first kappa shape index (κ1) is 10.5. The van der Waals surface area contributed by atoms with Crippen LogP contribution in [0.3, 0.4) is 0 Å². The van der Waals surface area contributed by atoms with Crippen LogP contribution in [0.2, 0.25) is 0 Å². The Balaban J connectivity index is 2.44. The lowest BCUT2D eigenvalue weighted by molar-refractivity contribution is -0.129. The zero-order valence-electron chi connectivity index (χ0n) is 8.84. The Bertz CT molecular complexity index is 182. The highest BCUT2D eigenvalue weighted by atomic mass is 16.2. The van der Waals surface area contributed by atoms with E-state index < -0.39 is 0 Å². The molecule has 0 spiro atoms. The Kier molecular flexibility index (Phi) is 3.72. The van der Waals surface area contributed by atoms with E-state index in [0.29, 0.717) is 12.6 Å². The normalized spacial score (nSPS) is 25.3. The van der Waals surface area contributed by atoms with Crippen molar-refractivity contribution in [2.45, 2.75) is 52.2 Å². The number of nitrogens with one attached hydrogen (secondary N) is 1. The predicted molar refractivity (Wildman–Crippen MR) is 53.3 cm³/mol. The number of amides is 1. The van der Waals surface area contributed by atoms with Gasteiger partial charge in [-0.3, -0.25) is 10.1 Å². The first-order chi connectivity index (χ1) is 6.16. The fourth-order valence-electron chi connectivity index (χ4n) is 1.91. The molecule has 13 heavy (non-hydrogen) atoms. The molecule has 1 aliphatic rings. The van der Waals surface area contributed by atoms with Gasteiger partial charge in [-0.1, -0.05) is 19.8 Å². The summed E-state index contributed by atoms with van der Waals surface area (Å²) in [5.74, 6) is 0.246. The van der Waals surface area contributed by atoms with Crippen LogP contribution in [0.5, 0.6) is 0 Å². The van der Waals surface area contributed by atoms with Crippen LogP contribution in [0.15, 0.2) is 0 Å². The van der Waals surface area contributed by atoms with Crippen molar-refractivity contribution in [1.82, 2.24) is 10.2 Å². The van der Waals surface area contributed by atoms with E-state index in [-0.39, 0.29) is 12.1 Å². The van der Waals surface area contributed by atoms with Crippen molar-refractivity contribution in [2.24, 2.45) is 0 Å². The van der Waals surface area contributed by atoms with Crippen molar-refractivity contribution in [3.8, 4) is 0 Å². The molecule has 1 saturated heterocycles. The Morgan fingerprint density at radius 2 is 2.38 bits per heavy atom. The van der Waals surface area contributed by atoms with Crippen LogP contribution in [0.1, 0.15) is 40.0 Å². The highest BCUT2D eigenvalue weighted by molar-refractivity contribution is 5.80. The fraction of sp³-hybridized carbons (Fsp3) is 0.900. The van der Waals surface area contributed by atoms with Crippen LogP contribution in [0.25, 0.3) is 0 Å². The number of hydrogen-bond donors (Lipinski definition) is 1. The first-order valence-corrected chi connectivity index (χ1v) is 5.21. The number of unbranched alkanes of at least 4 members (excludes halogenated alkanes) is 1.